The van der Waals surface area contributed by atoms with E-state index < -0.39 is 27.5 Å². The molecule has 7 heteroatoms. The van der Waals surface area contributed by atoms with Gasteiger partial charge in [0.15, 0.2) is 0 Å². The molecule has 0 bridgehead atoms. The molecule has 0 aromatic heterocycles. The second kappa shape index (κ2) is 6.21. The third kappa shape index (κ3) is 4.67. The number of benzene rings is 1. The fourth-order valence-corrected chi connectivity index (χ4v) is 2.29. The van der Waals surface area contributed by atoms with Gasteiger partial charge in [0, 0.05) is 17.9 Å². The molecule has 0 aliphatic carbocycles. The summed E-state index contributed by atoms with van der Waals surface area (Å²) in [5, 5.41) is 0. The van der Waals surface area contributed by atoms with Crippen LogP contribution in [0.15, 0.2) is 18.2 Å². The zero-order valence-electron chi connectivity index (χ0n) is 9.99. The predicted octanol–water partition coefficient (Wildman–Crippen LogP) is 0.774. The van der Waals surface area contributed by atoms with Gasteiger partial charge in [0.05, 0.1) is 5.75 Å². The Morgan fingerprint density at radius 1 is 1.33 bits per heavy atom. The second-order valence-corrected chi connectivity index (χ2v) is 6.45. The number of hydrazine groups is 1. The van der Waals surface area contributed by atoms with E-state index in [4.69, 9.17) is 5.84 Å². The maximum Gasteiger partial charge on any atom is 0.147 e. The van der Waals surface area contributed by atoms with Gasteiger partial charge in [0.1, 0.15) is 21.5 Å². The SMILES string of the molecule is CS(=O)(=O)CCC(Cc1c(F)cccc1F)NN. The lowest BCUT2D eigenvalue weighted by atomic mass is 10.0. The molecule has 18 heavy (non-hydrogen) atoms. The number of nitrogens with one attached hydrogen (secondary N) is 1. The van der Waals surface area contributed by atoms with Crippen LogP contribution in [0.3, 0.4) is 0 Å². The van der Waals surface area contributed by atoms with E-state index in [1.807, 2.05) is 0 Å². The highest BCUT2D eigenvalue weighted by molar-refractivity contribution is 7.90. The van der Waals surface area contributed by atoms with Crippen molar-refractivity contribution in [3.05, 3.63) is 35.4 Å². The van der Waals surface area contributed by atoms with Crippen molar-refractivity contribution in [3.63, 3.8) is 0 Å². The van der Waals surface area contributed by atoms with Gasteiger partial charge in [-0.05, 0) is 25.0 Å². The van der Waals surface area contributed by atoms with E-state index in [2.05, 4.69) is 5.43 Å². The first-order chi connectivity index (χ1) is 8.33. The maximum absolute atomic E-state index is 13.4. The van der Waals surface area contributed by atoms with Gasteiger partial charge in [0.2, 0.25) is 0 Å². The maximum atomic E-state index is 13.4. The fraction of sp³-hybridized carbons (Fsp3) is 0.455. The fourth-order valence-electron chi connectivity index (χ4n) is 1.57. The van der Waals surface area contributed by atoms with Gasteiger partial charge in [-0.25, -0.2) is 17.2 Å². The van der Waals surface area contributed by atoms with Crippen LogP contribution >= 0.6 is 0 Å². The van der Waals surface area contributed by atoms with E-state index in [0.717, 1.165) is 18.4 Å². The van der Waals surface area contributed by atoms with Crippen molar-refractivity contribution in [1.29, 1.82) is 0 Å². The lowest BCUT2D eigenvalue weighted by Gasteiger charge is -2.16. The molecule has 3 N–H and O–H groups in total. The van der Waals surface area contributed by atoms with Crippen LogP contribution in [-0.4, -0.2) is 26.5 Å². The molecule has 1 atom stereocenters. The molecule has 1 rings (SSSR count). The lowest BCUT2D eigenvalue weighted by Crippen LogP contribution is -2.38. The van der Waals surface area contributed by atoms with Gasteiger partial charge in [-0.2, -0.15) is 0 Å². The monoisotopic (exact) mass is 278 g/mol. The second-order valence-electron chi connectivity index (χ2n) is 4.19. The topological polar surface area (TPSA) is 72.2 Å². The Morgan fingerprint density at radius 3 is 2.33 bits per heavy atom. The van der Waals surface area contributed by atoms with Gasteiger partial charge in [-0.1, -0.05) is 6.07 Å². The molecule has 0 amide bonds. The number of sulfone groups is 1. The first-order valence-corrected chi connectivity index (χ1v) is 7.46. The summed E-state index contributed by atoms with van der Waals surface area (Å²) in [6.45, 7) is 0. The first kappa shape index (κ1) is 15.0. The minimum Gasteiger partial charge on any atom is -0.271 e. The highest BCUT2D eigenvalue weighted by Crippen LogP contribution is 2.15. The van der Waals surface area contributed by atoms with Crippen LogP contribution in [-0.2, 0) is 16.3 Å². The number of halogens is 2. The van der Waals surface area contributed by atoms with E-state index in [9.17, 15) is 17.2 Å². The molecule has 0 fully saturated rings. The largest absolute Gasteiger partial charge is 0.271 e. The Morgan fingerprint density at radius 2 is 1.89 bits per heavy atom. The molecule has 0 saturated heterocycles. The van der Waals surface area contributed by atoms with Crippen molar-refractivity contribution in [2.24, 2.45) is 5.84 Å². The van der Waals surface area contributed by atoms with E-state index in [-0.39, 0.29) is 24.2 Å². The number of hydrogen-bond acceptors (Lipinski definition) is 4. The van der Waals surface area contributed by atoms with Gasteiger partial charge < -0.3 is 0 Å². The zero-order valence-corrected chi connectivity index (χ0v) is 10.8. The predicted molar refractivity (Wildman–Crippen MR) is 65.5 cm³/mol. The molecule has 0 heterocycles. The van der Waals surface area contributed by atoms with Crippen molar-refractivity contribution in [2.75, 3.05) is 12.0 Å². The zero-order chi connectivity index (χ0) is 13.8. The third-order valence-corrected chi connectivity index (χ3v) is 3.56. The van der Waals surface area contributed by atoms with Gasteiger partial charge >= 0.3 is 0 Å². The summed E-state index contributed by atoms with van der Waals surface area (Å²) in [7, 11) is -3.12. The minimum absolute atomic E-state index is 0.00449. The smallest absolute Gasteiger partial charge is 0.147 e. The molecule has 0 aliphatic heterocycles. The molecule has 0 spiro atoms. The summed E-state index contributed by atoms with van der Waals surface area (Å²) >= 11 is 0. The van der Waals surface area contributed by atoms with Crippen molar-refractivity contribution in [3.8, 4) is 0 Å². The number of hydrogen-bond donors (Lipinski definition) is 2. The first-order valence-electron chi connectivity index (χ1n) is 5.40. The lowest BCUT2D eigenvalue weighted by molar-refractivity contribution is 0.475. The number of nitrogens with two attached hydrogens (primary N) is 1. The van der Waals surface area contributed by atoms with E-state index in [1.165, 1.54) is 6.07 Å². The van der Waals surface area contributed by atoms with Crippen LogP contribution in [0.25, 0.3) is 0 Å². The van der Waals surface area contributed by atoms with E-state index in [0.29, 0.717) is 0 Å². The van der Waals surface area contributed by atoms with Crippen LogP contribution in [0.4, 0.5) is 8.78 Å². The highest BCUT2D eigenvalue weighted by Gasteiger charge is 2.16. The summed E-state index contributed by atoms with van der Waals surface area (Å²) in [4.78, 5) is 0. The Balaban J connectivity index is 2.74. The third-order valence-electron chi connectivity index (χ3n) is 2.59. The van der Waals surface area contributed by atoms with Crippen LogP contribution in [0.1, 0.15) is 12.0 Å². The van der Waals surface area contributed by atoms with Crippen molar-refractivity contribution >= 4 is 9.84 Å². The normalized spacial score (nSPS) is 13.6. The molecule has 1 aromatic rings. The number of rotatable bonds is 6. The summed E-state index contributed by atoms with van der Waals surface area (Å²) in [6, 6.07) is 3.09. The molecule has 102 valence electrons. The molecular weight excluding hydrogens is 262 g/mol. The highest BCUT2D eigenvalue weighted by atomic mass is 32.2. The van der Waals surface area contributed by atoms with Crippen molar-refractivity contribution in [1.82, 2.24) is 5.43 Å². The van der Waals surface area contributed by atoms with Crippen LogP contribution in [0.5, 0.6) is 0 Å². The average molecular weight is 278 g/mol. The van der Waals surface area contributed by atoms with Crippen LogP contribution in [0, 0.1) is 11.6 Å². The molecule has 0 saturated carbocycles. The summed E-state index contributed by atoms with van der Waals surface area (Å²) in [5.41, 5.74) is 2.29. The van der Waals surface area contributed by atoms with Crippen molar-refractivity contribution < 1.29 is 17.2 Å². The van der Waals surface area contributed by atoms with Gasteiger partial charge in [-0.3, -0.25) is 11.3 Å². The average Bonchev–Trinajstić information content (AvgIpc) is 2.26. The molecular formula is C11H16F2N2O2S. The Hall–Kier alpha value is -1.05. The summed E-state index contributed by atoms with van der Waals surface area (Å²) in [6.07, 6.45) is 1.30. The molecule has 0 aliphatic rings. The van der Waals surface area contributed by atoms with E-state index in [1.54, 1.807) is 0 Å². The van der Waals surface area contributed by atoms with E-state index >= 15 is 0 Å². The molecule has 4 nitrogen and oxygen atoms in total. The van der Waals surface area contributed by atoms with Crippen molar-refractivity contribution in [2.45, 2.75) is 18.9 Å². The Labute approximate surface area is 105 Å². The quantitative estimate of drug-likeness (QED) is 0.595. The molecule has 0 radical (unpaired) electrons. The summed E-state index contributed by atoms with van der Waals surface area (Å²) in [5.74, 6) is 3.86. The van der Waals surface area contributed by atoms with Crippen LogP contribution in [0.2, 0.25) is 0 Å². The minimum atomic E-state index is -3.12. The standard InChI is InChI=1S/C11H16F2N2O2S/c1-18(16,17)6-5-8(15-14)7-9-10(12)3-2-4-11(9)13/h2-4,8,15H,5-7,14H2,1H3. The molecule has 1 unspecified atom stereocenters. The Bertz CT molecular complexity index is 486. The van der Waals surface area contributed by atoms with Gasteiger partial charge in [-0.15, -0.1) is 0 Å². The van der Waals surface area contributed by atoms with Gasteiger partial charge in [0.25, 0.3) is 0 Å². The van der Waals surface area contributed by atoms with Crippen LogP contribution < -0.4 is 11.3 Å². The Kier molecular flexibility index (Phi) is 5.18. The molecule has 1 aromatic carbocycles. The summed E-state index contributed by atoms with van der Waals surface area (Å²) < 4.78 is 48.8.